The van der Waals surface area contributed by atoms with Crippen molar-refractivity contribution in [1.29, 1.82) is 0 Å². The lowest BCUT2D eigenvalue weighted by atomic mass is 9.88. The van der Waals surface area contributed by atoms with Crippen LogP contribution in [0.2, 0.25) is 0 Å². The van der Waals surface area contributed by atoms with E-state index >= 15 is 0 Å². The fourth-order valence-electron chi connectivity index (χ4n) is 3.91. The first-order valence-corrected chi connectivity index (χ1v) is 8.21. The number of hydrogen-bond acceptors (Lipinski definition) is 4. The van der Waals surface area contributed by atoms with E-state index in [0.29, 0.717) is 31.1 Å². The third-order valence-corrected chi connectivity index (χ3v) is 5.04. The van der Waals surface area contributed by atoms with E-state index in [2.05, 4.69) is 15.5 Å². The van der Waals surface area contributed by atoms with E-state index in [4.69, 9.17) is 0 Å². The molecule has 0 aromatic rings. The molecule has 0 aromatic heterocycles. The Bertz CT molecular complexity index is 406. The topological polar surface area (TPSA) is 64.7 Å². The molecule has 3 heterocycles. The van der Waals surface area contributed by atoms with Crippen molar-refractivity contribution in [3.05, 3.63) is 0 Å². The zero-order chi connectivity index (χ0) is 14.8. The molecule has 3 rings (SSSR count). The van der Waals surface area contributed by atoms with Crippen LogP contribution < -0.4 is 10.6 Å². The smallest absolute Gasteiger partial charge is 0.234 e. The summed E-state index contributed by atoms with van der Waals surface area (Å²) < 4.78 is 0. The maximum Gasteiger partial charge on any atom is 0.234 e. The molecule has 118 valence electrons. The lowest BCUT2D eigenvalue weighted by molar-refractivity contribution is -0.138. The number of piperazine rings is 1. The number of nitrogens with zero attached hydrogens (tertiary/aromatic N) is 2. The number of carbonyl (C=O) groups excluding carboxylic acids is 2. The summed E-state index contributed by atoms with van der Waals surface area (Å²) in [7, 11) is 0. The predicted molar refractivity (Wildman–Crippen MR) is 79.8 cm³/mol. The predicted octanol–water partition coefficient (Wildman–Crippen LogP) is -0.593. The third kappa shape index (κ3) is 3.21. The van der Waals surface area contributed by atoms with Crippen molar-refractivity contribution in [1.82, 2.24) is 20.4 Å². The summed E-state index contributed by atoms with van der Waals surface area (Å²) in [6.45, 7) is 6.17. The van der Waals surface area contributed by atoms with Gasteiger partial charge in [-0.2, -0.15) is 0 Å². The Hall–Kier alpha value is -1.14. The van der Waals surface area contributed by atoms with Crippen molar-refractivity contribution in [3.63, 3.8) is 0 Å². The van der Waals surface area contributed by atoms with Crippen molar-refractivity contribution in [2.24, 2.45) is 5.92 Å². The van der Waals surface area contributed by atoms with Gasteiger partial charge in [-0.1, -0.05) is 0 Å². The minimum atomic E-state index is 0.0783. The van der Waals surface area contributed by atoms with Crippen LogP contribution in [0.1, 0.15) is 26.2 Å². The summed E-state index contributed by atoms with van der Waals surface area (Å²) in [5.74, 6) is 0.598. The first kappa shape index (κ1) is 14.8. The first-order chi connectivity index (χ1) is 10.2. The van der Waals surface area contributed by atoms with Gasteiger partial charge in [0.1, 0.15) is 0 Å². The Labute approximate surface area is 126 Å². The maximum absolute atomic E-state index is 12.6. The van der Waals surface area contributed by atoms with Crippen LogP contribution in [0.15, 0.2) is 0 Å². The zero-order valence-corrected chi connectivity index (χ0v) is 12.8. The molecule has 3 fully saturated rings. The van der Waals surface area contributed by atoms with Gasteiger partial charge in [-0.15, -0.1) is 0 Å². The standard InChI is InChI=1S/C15H26N4O2/c1-2-16-14(20)10-18-5-7-19(8-6-18)15(21)12-9-11-3-4-13(12)17-11/h11-13,17H,2-10H2,1H3,(H,16,20). The van der Waals surface area contributed by atoms with E-state index in [1.54, 1.807) is 0 Å². The number of likely N-dealkylation sites (N-methyl/N-ethyl adjacent to an activating group) is 1. The van der Waals surface area contributed by atoms with Gasteiger partial charge in [-0.25, -0.2) is 0 Å². The average molecular weight is 294 g/mol. The van der Waals surface area contributed by atoms with Gasteiger partial charge in [0.15, 0.2) is 0 Å². The van der Waals surface area contributed by atoms with Crippen LogP contribution in [-0.4, -0.2) is 73.0 Å². The lowest BCUT2D eigenvalue weighted by Crippen LogP contribution is -2.53. The van der Waals surface area contributed by atoms with Crippen LogP contribution in [0.4, 0.5) is 0 Å². The van der Waals surface area contributed by atoms with Gasteiger partial charge in [-0.3, -0.25) is 14.5 Å². The number of amides is 2. The Morgan fingerprint density at radius 2 is 1.95 bits per heavy atom. The molecular weight excluding hydrogens is 268 g/mol. The quantitative estimate of drug-likeness (QED) is 0.727. The summed E-state index contributed by atoms with van der Waals surface area (Å²) in [5, 5.41) is 6.36. The van der Waals surface area contributed by atoms with Gasteiger partial charge in [-0.05, 0) is 26.2 Å². The molecule has 3 saturated heterocycles. The van der Waals surface area contributed by atoms with Crippen LogP contribution >= 0.6 is 0 Å². The average Bonchev–Trinajstić information content (AvgIpc) is 3.10. The molecule has 6 heteroatoms. The second-order valence-electron chi connectivity index (χ2n) is 6.44. The fraction of sp³-hybridized carbons (Fsp3) is 0.867. The molecule has 0 saturated carbocycles. The molecule has 0 radical (unpaired) electrons. The molecule has 2 amide bonds. The number of fused-ring (bicyclic) bond motifs is 2. The highest BCUT2D eigenvalue weighted by Crippen LogP contribution is 2.34. The van der Waals surface area contributed by atoms with Crippen molar-refractivity contribution in [2.75, 3.05) is 39.3 Å². The van der Waals surface area contributed by atoms with Gasteiger partial charge in [0, 0.05) is 44.8 Å². The second-order valence-corrected chi connectivity index (χ2v) is 6.44. The molecule has 3 unspecified atom stereocenters. The highest BCUT2D eigenvalue weighted by atomic mass is 16.2. The van der Waals surface area contributed by atoms with E-state index in [1.165, 1.54) is 6.42 Å². The van der Waals surface area contributed by atoms with Crippen LogP contribution in [0.5, 0.6) is 0 Å². The van der Waals surface area contributed by atoms with E-state index in [0.717, 1.165) is 39.0 Å². The Kier molecular flexibility index (Phi) is 4.45. The molecule has 2 bridgehead atoms. The molecule has 2 N–H and O–H groups in total. The maximum atomic E-state index is 12.6. The zero-order valence-electron chi connectivity index (χ0n) is 12.8. The normalized spacial score (nSPS) is 32.4. The largest absolute Gasteiger partial charge is 0.355 e. The summed E-state index contributed by atoms with van der Waals surface area (Å²) in [4.78, 5) is 28.3. The molecule has 3 aliphatic heterocycles. The molecule has 3 aliphatic rings. The molecule has 0 aliphatic carbocycles. The molecule has 3 atom stereocenters. The summed E-state index contributed by atoms with van der Waals surface area (Å²) in [6.07, 6.45) is 3.40. The second kappa shape index (κ2) is 6.32. The highest BCUT2D eigenvalue weighted by molar-refractivity contribution is 5.80. The number of rotatable bonds is 4. The SMILES string of the molecule is CCNC(=O)CN1CCN(C(=O)C2CC3CCC2N3)CC1. The third-order valence-electron chi connectivity index (χ3n) is 5.04. The van der Waals surface area contributed by atoms with Crippen LogP contribution in [0, 0.1) is 5.92 Å². The summed E-state index contributed by atoms with van der Waals surface area (Å²) in [5.41, 5.74) is 0. The van der Waals surface area contributed by atoms with E-state index in [-0.39, 0.29) is 11.8 Å². The van der Waals surface area contributed by atoms with Gasteiger partial charge in [0.25, 0.3) is 0 Å². The van der Waals surface area contributed by atoms with E-state index < -0.39 is 0 Å². The van der Waals surface area contributed by atoms with E-state index in [1.807, 2.05) is 11.8 Å². The molecule has 0 aromatic carbocycles. The van der Waals surface area contributed by atoms with Gasteiger partial charge in [0.05, 0.1) is 12.5 Å². The molecule has 0 spiro atoms. The van der Waals surface area contributed by atoms with Crippen molar-refractivity contribution in [3.8, 4) is 0 Å². The van der Waals surface area contributed by atoms with Crippen LogP contribution in [0.3, 0.4) is 0 Å². The monoisotopic (exact) mass is 294 g/mol. The Morgan fingerprint density at radius 1 is 1.19 bits per heavy atom. The van der Waals surface area contributed by atoms with Gasteiger partial charge >= 0.3 is 0 Å². The van der Waals surface area contributed by atoms with Crippen LogP contribution in [-0.2, 0) is 9.59 Å². The number of nitrogens with one attached hydrogen (secondary N) is 2. The lowest BCUT2D eigenvalue weighted by Gasteiger charge is -2.36. The van der Waals surface area contributed by atoms with E-state index in [9.17, 15) is 9.59 Å². The number of hydrogen-bond donors (Lipinski definition) is 2. The Morgan fingerprint density at radius 3 is 2.52 bits per heavy atom. The fourth-order valence-corrected chi connectivity index (χ4v) is 3.91. The summed E-state index contributed by atoms with van der Waals surface area (Å²) in [6, 6.07) is 0.985. The van der Waals surface area contributed by atoms with Crippen molar-refractivity contribution >= 4 is 11.8 Å². The Balaban J connectivity index is 1.45. The molecular formula is C15H26N4O2. The number of carbonyl (C=O) groups is 2. The van der Waals surface area contributed by atoms with Gasteiger partial charge in [0.2, 0.25) is 11.8 Å². The summed E-state index contributed by atoms with van der Waals surface area (Å²) >= 11 is 0. The minimum absolute atomic E-state index is 0.0783. The molecule has 21 heavy (non-hydrogen) atoms. The van der Waals surface area contributed by atoms with Crippen molar-refractivity contribution < 1.29 is 9.59 Å². The van der Waals surface area contributed by atoms with Crippen molar-refractivity contribution in [2.45, 2.75) is 38.3 Å². The molecule has 6 nitrogen and oxygen atoms in total. The first-order valence-electron chi connectivity index (χ1n) is 8.21. The van der Waals surface area contributed by atoms with Crippen LogP contribution in [0.25, 0.3) is 0 Å². The highest BCUT2D eigenvalue weighted by Gasteiger charge is 2.44. The minimum Gasteiger partial charge on any atom is -0.355 e. The van der Waals surface area contributed by atoms with Gasteiger partial charge < -0.3 is 15.5 Å².